The molecular weight excluding hydrogens is 340 g/mol. The van der Waals surface area contributed by atoms with Crippen LogP contribution in [0.1, 0.15) is 5.69 Å². The molecule has 0 aliphatic heterocycles. The van der Waals surface area contributed by atoms with Crippen LogP contribution in [0.25, 0.3) is 11.0 Å². The molecule has 2 aromatic carbocycles. The van der Waals surface area contributed by atoms with Gasteiger partial charge in [-0.2, -0.15) is 0 Å². The Balaban J connectivity index is 2.06. The van der Waals surface area contributed by atoms with E-state index in [1.165, 1.54) is 0 Å². The van der Waals surface area contributed by atoms with Gasteiger partial charge in [0.15, 0.2) is 0 Å². The topological polar surface area (TPSA) is 35.0 Å². The minimum Gasteiger partial charge on any atom is -0.437 e. The van der Waals surface area contributed by atoms with Crippen molar-refractivity contribution in [2.24, 2.45) is 0 Å². The van der Waals surface area contributed by atoms with Crippen LogP contribution < -0.4 is 4.74 Å². The van der Waals surface area contributed by atoms with Gasteiger partial charge in [0.1, 0.15) is 17.0 Å². The van der Waals surface area contributed by atoms with Gasteiger partial charge in [-0.25, -0.2) is 9.97 Å². The standard InChI is InChI=1S/C15H10BrClN2O/c1-9-15(20-11-5-2-4-10(16)8-11)19-13-7-3-6-12(17)14(13)18-9/h2-8H,1H3. The molecule has 3 nitrogen and oxygen atoms in total. The molecule has 0 spiro atoms. The van der Waals surface area contributed by atoms with Crippen LogP contribution in [0, 0.1) is 6.92 Å². The van der Waals surface area contributed by atoms with Crippen molar-refractivity contribution in [1.29, 1.82) is 0 Å². The Morgan fingerprint density at radius 1 is 1.10 bits per heavy atom. The van der Waals surface area contributed by atoms with E-state index in [-0.39, 0.29) is 0 Å². The number of nitrogens with zero attached hydrogens (tertiary/aromatic N) is 2. The fourth-order valence-electron chi connectivity index (χ4n) is 1.85. The Kier molecular flexibility index (Phi) is 3.59. The van der Waals surface area contributed by atoms with E-state index in [0.717, 1.165) is 4.47 Å². The molecule has 1 heterocycles. The quantitative estimate of drug-likeness (QED) is 0.642. The number of aryl methyl sites for hydroxylation is 1. The monoisotopic (exact) mass is 348 g/mol. The normalized spacial score (nSPS) is 10.8. The van der Waals surface area contributed by atoms with Crippen molar-refractivity contribution in [3.05, 3.63) is 57.7 Å². The van der Waals surface area contributed by atoms with Crippen molar-refractivity contribution >= 4 is 38.6 Å². The first-order chi connectivity index (χ1) is 9.63. The maximum Gasteiger partial charge on any atom is 0.241 e. The number of hydrogen-bond donors (Lipinski definition) is 0. The predicted molar refractivity (Wildman–Crippen MR) is 83.5 cm³/mol. The summed E-state index contributed by atoms with van der Waals surface area (Å²) in [5.74, 6) is 1.19. The number of benzene rings is 2. The zero-order chi connectivity index (χ0) is 14.1. The van der Waals surface area contributed by atoms with E-state index in [4.69, 9.17) is 16.3 Å². The molecule has 0 unspecified atom stereocenters. The summed E-state index contributed by atoms with van der Waals surface area (Å²) in [5, 5.41) is 0.590. The molecule has 3 rings (SSSR count). The van der Waals surface area contributed by atoms with Gasteiger partial charge in [-0.1, -0.05) is 39.7 Å². The number of fused-ring (bicyclic) bond motifs is 1. The summed E-state index contributed by atoms with van der Waals surface area (Å²) in [6.45, 7) is 1.85. The Bertz CT molecular complexity index is 792. The van der Waals surface area contributed by atoms with Crippen LogP contribution >= 0.6 is 27.5 Å². The molecule has 0 aliphatic rings. The van der Waals surface area contributed by atoms with Crippen LogP contribution in [-0.4, -0.2) is 9.97 Å². The molecule has 20 heavy (non-hydrogen) atoms. The van der Waals surface area contributed by atoms with Gasteiger partial charge in [0.2, 0.25) is 5.88 Å². The number of aromatic nitrogens is 2. The third-order valence-corrected chi connectivity index (χ3v) is 3.59. The molecule has 0 amide bonds. The van der Waals surface area contributed by atoms with Crippen LogP contribution in [0.3, 0.4) is 0 Å². The van der Waals surface area contributed by atoms with Crippen molar-refractivity contribution in [1.82, 2.24) is 9.97 Å². The zero-order valence-corrected chi connectivity index (χ0v) is 12.9. The number of para-hydroxylation sites is 1. The molecule has 0 saturated carbocycles. The second kappa shape index (κ2) is 5.38. The molecule has 0 saturated heterocycles. The molecule has 0 radical (unpaired) electrons. The van der Waals surface area contributed by atoms with Gasteiger partial charge in [0.05, 0.1) is 10.5 Å². The highest BCUT2D eigenvalue weighted by Crippen LogP contribution is 2.28. The zero-order valence-electron chi connectivity index (χ0n) is 10.6. The third-order valence-electron chi connectivity index (χ3n) is 2.79. The first-order valence-corrected chi connectivity index (χ1v) is 7.17. The summed E-state index contributed by atoms with van der Waals surface area (Å²) in [7, 11) is 0. The summed E-state index contributed by atoms with van der Waals surface area (Å²) < 4.78 is 6.74. The fourth-order valence-corrected chi connectivity index (χ4v) is 2.44. The third kappa shape index (κ3) is 2.62. The van der Waals surface area contributed by atoms with Crippen molar-refractivity contribution in [3.8, 4) is 11.6 Å². The highest BCUT2D eigenvalue weighted by atomic mass is 79.9. The van der Waals surface area contributed by atoms with E-state index in [1.807, 2.05) is 43.3 Å². The lowest BCUT2D eigenvalue weighted by atomic mass is 10.3. The van der Waals surface area contributed by atoms with Crippen LogP contribution in [0.5, 0.6) is 11.6 Å². The second-order valence-electron chi connectivity index (χ2n) is 4.28. The molecule has 0 fully saturated rings. The largest absolute Gasteiger partial charge is 0.437 e. The smallest absolute Gasteiger partial charge is 0.241 e. The molecule has 100 valence electrons. The molecule has 0 atom stereocenters. The summed E-state index contributed by atoms with van der Waals surface area (Å²) in [6.07, 6.45) is 0. The minimum atomic E-state index is 0.484. The summed E-state index contributed by atoms with van der Waals surface area (Å²) in [6, 6.07) is 13.1. The average Bonchev–Trinajstić information content (AvgIpc) is 2.41. The Morgan fingerprint density at radius 2 is 1.90 bits per heavy atom. The molecule has 1 aromatic heterocycles. The highest BCUT2D eigenvalue weighted by Gasteiger charge is 2.09. The van der Waals surface area contributed by atoms with Gasteiger partial charge in [0.25, 0.3) is 0 Å². The summed E-state index contributed by atoms with van der Waals surface area (Å²) in [4.78, 5) is 8.94. The summed E-state index contributed by atoms with van der Waals surface area (Å²) in [5.41, 5.74) is 2.10. The number of hydrogen-bond acceptors (Lipinski definition) is 3. The molecule has 3 aromatic rings. The lowest BCUT2D eigenvalue weighted by Gasteiger charge is -2.09. The number of halogens is 2. The van der Waals surface area contributed by atoms with Gasteiger partial charge in [0, 0.05) is 4.47 Å². The van der Waals surface area contributed by atoms with E-state index < -0.39 is 0 Å². The lowest BCUT2D eigenvalue weighted by molar-refractivity contribution is 0.458. The molecular formula is C15H10BrClN2O. The van der Waals surface area contributed by atoms with Gasteiger partial charge in [-0.05, 0) is 37.3 Å². The first kappa shape index (κ1) is 13.3. The lowest BCUT2D eigenvalue weighted by Crippen LogP contribution is -1.96. The molecule has 5 heteroatoms. The van der Waals surface area contributed by atoms with Crippen LogP contribution in [0.2, 0.25) is 5.02 Å². The first-order valence-electron chi connectivity index (χ1n) is 6.00. The highest BCUT2D eigenvalue weighted by molar-refractivity contribution is 9.10. The van der Waals surface area contributed by atoms with E-state index >= 15 is 0 Å². The second-order valence-corrected chi connectivity index (χ2v) is 5.60. The van der Waals surface area contributed by atoms with E-state index in [1.54, 1.807) is 6.07 Å². The average molecular weight is 350 g/mol. The maximum atomic E-state index is 6.11. The van der Waals surface area contributed by atoms with Gasteiger partial charge < -0.3 is 4.74 Å². The predicted octanol–water partition coefficient (Wildman–Crippen LogP) is 5.15. The van der Waals surface area contributed by atoms with Crippen molar-refractivity contribution in [3.63, 3.8) is 0 Å². The van der Waals surface area contributed by atoms with Gasteiger partial charge in [-0.15, -0.1) is 0 Å². The Morgan fingerprint density at radius 3 is 2.70 bits per heavy atom. The van der Waals surface area contributed by atoms with Crippen molar-refractivity contribution in [2.75, 3.05) is 0 Å². The van der Waals surface area contributed by atoms with Crippen molar-refractivity contribution < 1.29 is 4.74 Å². The SMILES string of the molecule is Cc1nc2c(Cl)cccc2nc1Oc1cccc(Br)c1. The molecule has 0 N–H and O–H groups in total. The Hall–Kier alpha value is -1.65. The van der Waals surface area contributed by atoms with Gasteiger partial charge >= 0.3 is 0 Å². The van der Waals surface area contributed by atoms with Crippen LogP contribution in [0.15, 0.2) is 46.9 Å². The maximum absolute atomic E-state index is 6.11. The minimum absolute atomic E-state index is 0.484. The van der Waals surface area contributed by atoms with Crippen LogP contribution in [-0.2, 0) is 0 Å². The Labute approximate surface area is 129 Å². The molecule has 0 aliphatic carbocycles. The number of rotatable bonds is 2. The fraction of sp³-hybridized carbons (Fsp3) is 0.0667. The van der Waals surface area contributed by atoms with Crippen molar-refractivity contribution in [2.45, 2.75) is 6.92 Å². The van der Waals surface area contributed by atoms with E-state index in [2.05, 4.69) is 25.9 Å². The van der Waals surface area contributed by atoms with E-state index in [9.17, 15) is 0 Å². The summed E-state index contributed by atoms with van der Waals surface area (Å²) >= 11 is 9.52. The van der Waals surface area contributed by atoms with E-state index in [0.29, 0.717) is 33.4 Å². The van der Waals surface area contributed by atoms with Crippen LogP contribution in [0.4, 0.5) is 0 Å². The van der Waals surface area contributed by atoms with Gasteiger partial charge in [-0.3, -0.25) is 0 Å². The molecule has 0 bridgehead atoms. The number of ether oxygens (including phenoxy) is 1.